The van der Waals surface area contributed by atoms with Crippen LogP contribution in [-0.2, 0) is 17.6 Å². The summed E-state index contributed by atoms with van der Waals surface area (Å²) >= 11 is 0. The Morgan fingerprint density at radius 3 is 2.60 bits per heavy atom. The SMILES string of the molecule is CCCN(C1CCN(C(C)=O)CC1)C1CCc2ccc(OC)cc2C1. The van der Waals surface area contributed by atoms with Gasteiger partial charge in [-0.1, -0.05) is 13.0 Å². The maximum Gasteiger partial charge on any atom is 0.219 e. The number of rotatable bonds is 5. The predicted octanol–water partition coefficient (Wildman–Crippen LogP) is 3.28. The van der Waals surface area contributed by atoms with E-state index in [9.17, 15) is 4.79 Å². The number of piperidine rings is 1. The van der Waals surface area contributed by atoms with Crippen LogP contribution < -0.4 is 4.74 Å². The third-order valence-corrected chi connectivity index (χ3v) is 5.95. The molecule has 1 fully saturated rings. The van der Waals surface area contributed by atoms with Crippen molar-refractivity contribution in [2.75, 3.05) is 26.7 Å². The van der Waals surface area contributed by atoms with E-state index in [0.717, 1.165) is 51.1 Å². The number of carbonyl (C=O) groups is 1. The molecule has 1 amide bonds. The first-order valence-electron chi connectivity index (χ1n) is 9.79. The van der Waals surface area contributed by atoms with Crippen LogP contribution in [0.3, 0.4) is 0 Å². The van der Waals surface area contributed by atoms with Gasteiger partial charge in [0.05, 0.1) is 7.11 Å². The molecule has 1 aliphatic carbocycles. The molecule has 138 valence electrons. The van der Waals surface area contributed by atoms with Crippen LogP contribution in [0.2, 0.25) is 0 Å². The second kappa shape index (κ2) is 8.22. The first-order valence-corrected chi connectivity index (χ1v) is 9.79. The maximum atomic E-state index is 11.6. The number of benzene rings is 1. The number of nitrogens with zero attached hydrogens (tertiary/aromatic N) is 2. The number of aryl methyl sites for hydroxylation is 1. The van der Waals surface area contributed by atoms with E-state index in [0.29, 0.717) is 12.1 Å². The Kier molecular flexibility index (Phi) is 6.00. The summed E-state index contributed by atoms with van der Waals surface area (Å²) in [5.41, 5.74) is 2.94. The molecule has 4 heteroatoms. The van der Waals surface area contributed by atoms with Crippen molar-refractivity contribution in [2.45, 2.75) is 64.5 Å². The molecule has 1 aliphatic heterocycles. The van der Waals surface area contributed by atoms with Crippen molar-refractivity contribution in [3.8, 4) is 5.75 Å². The van der Waals surface area contributed by atoms with E-state index in [-0.39, 0.29) is 5.91 Å². The third kappa shape index (κ3) is 4.17. The summed E-state index contributed by atoms with van der Waals surface area (Å²) in [6, 6.07) is 7.78. The molecule has 0 aromatic heterocycles. The fraction of sp³-hybridized carbons (Fsp3) is 0.667. The van der Waals surface area contributed by atoms with E-state index < -0.39 is 0 Å². The fourth-order valence-corrected chi connectivity index (χ4v) is 4.56. The highest BCUT2D eigenvalue weighted by molar-refractivity contribution is 5.73. The second-order valence-electron chi connectivity index (χ2n) is 7.51. The number of hydrogen-bond acceptors (Lipinski definition) is 3. The van der Waals surface area contributed by atoms with Crippen molar-refractivity contribution in [3.63, 3.8) is 0 Å². The maximum absolute atomic E-state index is 11.6. The van der Waals surface area contributed by atoms with Crippen molar-refractivity contribution in [1.82, 2.24) is 9.80 Å². The lowest BCUT2D eigenvalue weighted by Gasteiger charge is -2.44. The predicted molar refractivity (Wildman–Crippen MR) is 101 cm³/mol. The Morgan fingerprint density at radius 2 is 1.96 bits per heavy atom. The Bertz CT molecular complexity index is 594. The van der Waals surface area contributed by atoms with E-state index >= 15 is 0 Å². The van der Waals surface area contributed by atoms with Crippen LogP contribution >= 0.6 is 0 Å². The van der Waals surface area contributed by atoms with Gasteiger partial charge < -0.3 is 9.64 Å². The van der Waals surface area contributed by atoms with Crippen molar-refractivity contribution in [2.24, 2.45) is 0 Å². The standard InChI is InChI=1S/C21H32N2O2/c1-4-11-23(19-9-12-22(13-10-19)16(2)24)20-7-5-17-6-8-21(25-3)15-18(17)14-20/h6,8,15,19-20H,4-5,7,9-14H2,1-3H3. The number of ether oxygens (including phenoxy) is 1. The van der Waals surface area contributed by atoms with E-state index in [1.807, 2.05) is 4.90 Å². The van der Waals surface area contributed by atoms with Crippen LogP contribution in [0.5, 0.6) is 5.75 Å². The van der Waals surface area contributed by atoms with Crippen LogP contribution in [0.15, 0.2) is 18.2 Å². The topological polar surface area (TPSA) is 32.8 Å². The largest absolute Gasteiger partial charge is 0.497 e. The van der Waals surface area contributed by atoms with Crippen LogP contribution in [-0.4, -0.2) is 54.5 Å². The van der Waals surface area contributed by atoms with Crippen LogP contribution in [0.25, 0.3) is 0 Å². The molecule has 25 heavy (non-hydrogen) atoms. The molecule has 1 aromatic carbocycles. The molecule has 0 spiro atoms. The smallest absolute Gasteiger partial charge is 0.219 e. The number of likely N-dealkylation sites (tertiary alicyclic amines) is 1. The van der Waals surface area contributed by atoms with Gasteiger partial charge in [0.15, 0.2) is 0 Å². The summed E-state index contributed by atoms with van der Waals surface area (Å²) in [5.74, 6) is 1.19. The minimum Gasteiger partial charge on any atom is -0.497 e. The van der Waals surface area contributed by atoms with Gasteiger partial charge in [-0.3, -0.25) is 9.69 Å². The van der Waals surface area contributed by atoms with Crippen molar-refractivity contribution in [3.05, 3.63) is 29.3 Å². The van der Waals surface area contributed by atoms with Gasteiger partial charge >= 0.3 is 0 Å². The van der Waals surface area contributed by atoms with Crippen molar-refractivity contribution in [1.29, 1.82) is 0 Å². The highest BCUT2D eigenvalue weighted by Crippen LogP contribution is 2.30. The lowest BCUT2D eigenvalue weighted by atomic mass is 9.86. The van der Waals surface area contributed by atoms with Gasteiger partial charge in [-0.15, -0.1) is 0 Å². The number of hydrogen-bond donors (Lipinski definition) is 0. The summed E-state index contributed by atoms with van der Waals surface area (Å²) in [6.45, 7) is 6.95. The molecule has 1 atom stereocenters. The molecular formula is C21H32N2O2. The molecule has 2 aliphatic rings. The second-order valence-corrected chi connectivity index (χ2v) is 7.51. The molecule has 0 N–H and O–H groups in total. The van der Waals surface area contributed by atoms with Crippen molar-refractivity contribution < 1.29 is 9.53 Å². The first-order chi connectivity index (χ1) is 12.1. The summed E-state index contributed by atoms with van der Waals surface area (Å²) in [6.07, 6.45) is 6.94. The quantitative estimate of drug-likeness (QED) is 0.822. The lowest BCUT2D eigenvalue weighted by Crippen LogP contribution is -2.51. The third-order valence-electron chi connectivity index (χ3n) is 5.95. The minimum absolute atomic E-state index is 0.221. The van der Waals surface area contributed by atoms with E-state index in [1.165, 1.54) is 24.0 Å². The van der Waals surface area contributed by atoms with E-state index in [2.05, 4.69) is 30.0 Å². The Hall–Kier alpha value is -1.55. The van der Waals surface area contributed by atoms with Crippen LogP contribution in [0.1, 0.15) is 50.7 Å². The van der Waals surface area contributed by atoms with Gasteiger partial charge in [0.25, 0.3) is 0 Å². The average Bonchev–Trinajstić information content (AvgIpc) is 2.65. The molecule has 0 bridgehead atoms. The van der Waals surface area contributed by atoms with Crippen LogP contribution in [0, 0.1) is 0 Å². The molecule has 1 saturated heterocycles. The Morgan fingerprint density at radius 1 is 1.20 bits per heavy atom. The Labute approximate surface area is 152 Å². The molecule has 0 radical (unpaired) electrons. The van der Waals surface area contributed by atoms with Gasteiger partial charge in [-0.05, 0) is 68.3 Å². The van der Waals surface area contributed by atoms with Gasteiger partial charge in [-0.25, -0.2) is 0 Å². The number of fused-ring (bicyclic) bond motifs is 1. The molecule has 1 heterocycles. The molecule has 0 saturated carbocycles. The minimum atomic E-state index is 0.221. The van der Waals surface area contributed by atoms with Crippen molar-refractivity contribution >= 4 is 5.91 Å². The summed E-state index contributed by atoms with van der Waals surface area (Å²) in [5, 5.41) is 0. The Balaban J connectivity index is 1.70. The molecule has 4 nitrogen and oxygen atoms in total. The molecule has 1 aromatic rings. The highest BCUT2D eigenvalue weighted by Gasteiger charge is 2.31. The van der Waals surface area contributed by atoms with E-state index in [4.69, 9.17) is 4.74 Å². The fourth-order valence-electron chi connectivity index (χ4n) is 4.56. The zero-order chi connectivity index (χ0) is 17.8. The monoisotopic (exact) mass is 344 g/mol. The summed E-state index contributed by atoms with van der Waals surface area (Å²) < 4.78 is 5.42. The summed E-state index contributed by atoms with van der Waals surface area (Å²) in [7, 11) is 1.74. The first kappa shape index (κ1) is 18.2. The number of methoxy groups -OCH3 is 1. The molecular weight excluding hydrogens is 312 g/mol. The number of carbonyl (C=O) groups excluding carboxylic acids is 1. The zero-order valence-corrected chi connectivity index (χ0v) is 16.0. The average molecular weight is 344 g/mol. The van der Waals surface area contributed by atoms with Crippen LogP contribution in [0.4, 0.5) is 0 Å². The summed E-state index contributed by atoms with van der Waals surface area (Å²) in [4.78, 5) is 16.4. The normalized spacial score (nSPS) is 21.3. The lowest BCUT2D eigenvalue weighted by molar-refractivity contribution is -0.130. The zero-order valence-electron chi connectivity index (χ0n) is 16.0. The van der Waals surface area contributed by atoms with Gasteiger partial charge in [0.2, 0.25) is 5.91 Å². The van der Waals surface area contributed by atoms with Gasteiger partial charge in [-0.2, -0.15) is 0 Å². The van der Waals surface area contributed by atoms with Gasteiger partial charge in [0, 0.05) is 32.1 Å². The van der Waals surface area contributed by atoms with Gasteiger partial charge in [0.1, 0.15) is 5.75 Å². The highest BCUT2D eigenvalue weighted by atomic mass is 16.5. The number of amides is 1. The van der Waals surface area contributed by atoms with E-state index in [1.54, 1.807) is 14.0 Å². The molecule has 3 rings (SSSR count). The molecule has 1 unspecified atom stereocenters.